The van der Waals surface area contributed by atoms with Crippen LogP contribution < -0.4 is 19.5 Å². The van der Waals surface area contributed by atoms with E-state index in [2.05, 4.69) is 17.4 Å². The maximum atomic E-state index is 12.4. The van der Waals surface area contributed by atoms with Gasteiger partial charge in [-0.05, 0) is 37.1 Å². The summed E-state index contributed by atoms with van der Waals surface area (Å²) in [4.78, 5) is 12.4. The second-order valence-corrected chi connectivity index (χ2v) is 6.14. The SMILES string of the molecule is CC[C@H](NC(=O)/C=C/c1ccc(OC)c(OC)c1OC)c1ccc(C)cc1. The van der Waals surface area contributed by atoms with Gasteiger partial charge in [-0.25, -0.2) is 0 Å². The number of hydrogen-bond donors (Lipinski definition) is 1. The topological polar surface area (TPSA) is 56.8 Å². The number of ether oxygens (including phenoxy) is 3. The average molecular weight is 369 g/mol. The van der Waals surface area contributed by atoms with Crippen molar-refractivity contribution in [3.63, 3.8) is 0 Å². The van der Waals surface area contributed by atoms with Gasteiger partial charge in [0.15, 0.2) is 11.5 Å². The summed E-state index contributed by atoms with van der Waals surface area (Å²) in [5, 5.41) is 3.04. The van der Waals surface area contributed by atoms with Crippen molar-refractivity contribution >= 4 is 12.0 Å². The molecule has 0 bridgehead atoms. The summed E-state index contributed by atoms with van der Waals surface area (Å²) in [5.41, 5.74) is 3.02. The number of hydrogen-bond acceptors (Lipinski definition) is 4. The molecule has 5 heteroatoms. The number of benzene rings is 2. The van der Waals surface area contributed by atoms with Crippen molar-refractivity contribution in [3.8, 4) is 17.2 Å². The molecule has 0 spiro atoms. The lowest BCUT2D eigenvalue weighted by molar-refractivity contribution is -0.117. The van der Waals surface area contributed by atoms with E-state index < -0.39 is 0 Å². The predicted molar refractivity (Wildman–Crippen MR) is 107 cm³/mol. The molecule has 0 aliphatic rings. The molecule has 0 heterocycles. The van der Waals surface area contributed by atoms with Crippen molar-refractivity contribution in [3.05, 3.63) is 59.2 Å². The Morgan fingerprint density at radius 2 is 1.67 bits per heavy atom. The fraction of sp³-hybridized carbons (Fsp3) is 0.318. The van der Waals surface area contributed by atoms with E-state index in [4.69, 9.17) is 14.2 Å². The van der Waals surface area contributed by atoms with Crippen molar-refractivity contribution in [1.82, 2.24) is 5.32 Å². The average Bonchev–Trinajstić information content (AvgIpc) is 2.70. The molecule has 2 aromatic carbocycles. The third-order valence-corrected chi connectivity index (χ3v) is 4.35. The number of carbonyl (C=O) groups is 1. The second-order valence-electron chi connectivity index (χ2n) is 6.14. The minimum absolute atomic E-state index is 0.0324. The van der Waals surface area contributed by atoms with Gasteiger partial charge in [0.05, 0.1) is 27.4 Å². The van der Waals surface area contributed by atoms with Crippen molar-refractivity contribution in [2.45, 2.75) is 26.3 Å². The highest BCUT2D eigenvalue weighted by Gasteiger charge is 2.15. The van der Waals surface area contributed by atoms with Crippen LogP contribution in [-0.4, -0.2) is 27.2 Å². The van der Waals surface area contributed by atoms with Crippen LogP contribution >= 0.6 is 0 Å². The maximum Gasteiger partial charge on any atom is 0.244 e. The molecule has 144 valence electrons. The zero-order valence-electron chi connectivity index (χ0n) is 16.5. The van der Waals surface area contributed by atoms with Crippen LogP contribution in [0.15, 0.2) is 42.5 Å². The van der Waals surface area contributed by atoms with Gasteiger partial charge >= 0.3 is 0 Å². The smallest absolute Gasteiger partial charge is 0.244 e. The van der Waals surface area contributed by atoms with E-state index in [0.717, 1.165) is 17.5 Å². The van der Waals surface area contributed by atoms with Crippen LogP contribution in [0.25, 0.3) is 6.08 Å². The molecule has 0 radical (unpaired) electrons. The molecule has 1 N–H and O–H groups in total. The molecule has 0 saturated carbocycles. The van der Waals surface area contributed by atoms with Gasteiger partial charge in [0.2, 0.25) is 11.7 Å². The zero-order chi connectivity index (χ0) is 19.8. The predicted octanol–water partition coefficient (Wildman–Crippen LogP) is 4.30. The Bertz CT molecular complexity index is 797. The van der Waals surface area contributed by atoms with Gasteiger partial charge in [0.25, 0.3) is 0 Å². The Balaban J connectivity index is 2.17. The van der Waals surface area contributed by atoms with E-state index in [9.17, 15) is 4.79 Å². The quantitative estimate of drug-likeness (QED) is 0.705. The molecule has 0 aliphatic heterocycles. The Hall–Kier alpha value is -2.95. The lowest BCUT2D eigenvalue weighted by Crippen LogP contribution is -2.26. The van der Waals surface area contributed by atoms with Crippen LogP contribution in [0.1, 0.15) is 36.1 Å². The summed E-state index contributed by atoms with van der Waals surface area (Å²) in [6.45, 7) is 4.09. The van der Waals surface area contributed by atoms with E-state index in [1.54, 1.807) is 33.5 Å². The minimum atomic E-state index is -0.167. The summed E-state index contributed by atoms with van der Waals surface area (Å²) >= 11 is 0. The fourth-order valence-electron chi connectivity index (χ4n) is 2.86. The molecular formula is C22H27NO4. The largest absolute Gasteiger partial charge is 0.493 e. The normalized spacial score (nSPS) is 11.9. The molecule has 2 aromatic rings. The molecule has 1 amide bonds. The number of aryl methyl sites for hydroxylation is 1. The van der Waals surface area contributed by atoms with Crippen LogP contribution in [0.2, 0.25) is 0 Å². The Kier molecular flexibility index (Phi) is 7.29. The summed E-state index contributed by atoms with van der Waals surface area (Å²) in [7, 11) is 4.67. The fourth-order valence-corrected chi connectivity index (χ4v) is 2.86. The monoisotopic (exact) mass is 369 g/mol. The molecule has 2 rings (SSSR count). The Morgan fingerprint density at radius 1 is 1.00 bits per heavy atom. The van der Waals surface area contributed by atoms with Crippen LogP contribution in [0, 0.1) is 6.92 Å². The zero-order valence-corrected chi connectivity index (χ0v) is 16.5. The summed E-state index contributed by atoms with van der Waals surface area (Å²) in [6.07, 6.45) is 4.01. The van der Waals surface area contributed by atoms with Gasteiger partial charge < -0.3 is 19.5 Å². The van der Waals surface area contributed by atoms with Crippen LogP contribution in [0.4, 0.5) is 0 Å². The van der Waals surface area contributed by atoms with Gasteiger partial charge in [0, 0.05) is 11.6 Å². The summed E-state index contributed by atoms with van der Waals surface area (Å²) in [5.74, 6) is 1.42. The Labute approximate surface area is 161 Å². The van der Waals surface area contributed by atoms with E-state index in [1.807, 2.05) is 32.0 Å². The third-order valence-electron chi connectivity index (χ3n) is 4.35. The van der Waals surface area contributed by atoms with E-state index in [0.29, 0.717) is 17.2 Å². The van der Waals surface area contributed by atoms with Crippen molar-refractivity contribution in [2.75, 3.05) is 21.3 Å². The van der Waals surface area contributed by atoms with E-state index in [-0.39, 0.29) is 11.9 Å². The molecule has 27 heavy (non-hydrogen) atoms. The van der Waals surface area contributed by atoms with Gasteiger partial charge in [0.1, 0.15) is 0 Å². The second kappa shape index (κ2) is 9.67. The van der Waals surface area contributed by atoms with Crippen LogP contribution in [0.5, 0.6) is 17.2 Å². The molecule has 5 nitrogen and oxygen atoms in total. The first kappa shape index (κ1) is 20.4. The van der Waals surface area contributed by atoms with Gasteiger partial charge in [-0.3, -0.25) is 4.79 Å². The minimum Gasteiger partial charge on any atom is -0.493 e. The highest BCUT2D eigenvalue weighted by molar-refractivity contribution is 5.92. The number of carbonyl (C=O) groups excluding carboxylic acids is 1. The lowest BCUT2D eigenvalue weighted by Gasteiger charge is -2.17. The molecule has 0 aliphatic carbocycles. The standard InChI is InChI=1S/C22H27NO4/c1-6-18(16-9-7-15(2)8-10-16)23-20(24)14-12-17-11-13-19(25-3)22(27-5)21(17)26-4/h7-14,18H,6H2,1-5H3,(H,23,24)/b14-12+/t18-/m0/s1. The first-order chi connectivity index (χ1) is 13.0. The Morgan fingerprint density at radius 3 is 2.22 bits per heavy atom. The summed E-state index contributed by atoms with van der Waals surface area (Å²) in [6, 6.07) is 11.8. The highest BCUT2D eigenvalue weighted by atomic mass is 16.5. The van der Waals surface area contributed by atoms with Gasteiger partial charge in [-0.2, -0.15) is 0 Å². The van der Waals surface area contributed by atoms with E-state index >= 15 is 0 Å². The third kappa shape index (κ3) is 5.03. The first-order valence-corrected chi connectivity index (χ1v) is 8.88. The molecule has 0 saturated heterocycles. The number of methoxy groups -OCH3 is 3. The number of rotatable bonds is 8. The van der Waals surface area contributed by atoms with E-state index in [1.165, 1.54) is 11.6 Å². The molecule has 1 atom stereocenters. The van der Waals surface area contributed by atoms with Gasteiger partial charge in [-0.1, -0.05) is 36.8 Å². The summed E-state index contributed by atoms with van der Waals surface area (Å²) < 4.78 is 16.1. The number of amides is 1. The maximum absolute atomic E-state index is 12.4. The van der Waals surface area contributed by atoms with Crippen molar-refractivity contribution < 1.29 is 19.0 Å². The molecular weight excluding hydrogens is 342 g/mol. The van der Waals surface area contributed by atoms with Crippen molar-refractivity contribution in [2.24, 2.45) is 0 Å². The lowest BCUT2D eigenvalue weighted by atomic mass is 10.0. The van der Waals surface area contributed by atoms with Crippen LogP contribution in [0.3, 0.4) is 0 Å². The van der Waals surface area contributed by atoms with Crippen LogP contribution in [-0.2, 0) is 4.79 Å². The van der Waals surface area contributed by atoms with Crippen molar-refractivity contribution in [1.29, 1.82) is 0 Å². The number of nitrogens with one attached hydrogen (secondary N) is 1. The first-order valence-electron chi connectivity index (χ1n) is 8.88. The highest BCUT2D eigenvalue weighted by Crippen LogP contribution is 2.40. The van der Waals surface area contributed by atoms with Gasteiger partial charge in [-0.15, -0.1) is 0 Å². The molecule has 0 fully saturated rings. The molecule has 0 unspecified atom stereocenters. The molecule has 0 aromatic heterocycles.